The summed E-state index contributed by atoms with van der Waals surface area (Å²) in [6.45, 7) is 6.06. The third-order valence-electron chi connectivity index (χ3n) is 3.68. The lowest BCUT2D eigenvalue weighted by Crippen LogP contribution is -2.46. The molecule has 2 unspecified atom stereocenters. The summed E-state index contributed by atoms with van der Waals surface area (Å²) in [4.78, 5) is 14.3. The molecule has 5 nitrogen and oxygen atoms in total. The number of ether oxygens (including phenoxy) is 1. The number of morpholine rings is 1. The van der Waals surface area contributed by atoms with Crippen LogP contribution in [0, 0.1) is 0 Å². The van der Waals surface area contributed by atoms with E-state index < -0.39 is 6.10 Å². The van der Waals surface area contributed by atoms with Crippen LogP contribution in [0.25, 0.3) is 0 Å². The largest absolute Gasteiger partial charge is 0.388 e. The van der Waals surface area contributed by atoms with E-state index in [4.69, 9.17) is 16.3 Å². The summed E-state index contributed by atoms with van der Waals surface area (Å²) in [5.74, 6) is -0.150. The fourth-order valence-electron chi connectivity index (χ4n) is 2.53. The number of carbonyl (C=O) groups excluding carboxylic acids is 1. The van der Waals surface area contributed by atoms with Gasteiger partial charge in [0.25, 0.3) is 0 Å². The van der Waals surface area contributed by atoms with E-state index in [0.29, 0.717) is 10.6 Å². The first-order chi connectivity index (χ1) is 10.5. The summed E-state index contributed by atoms with van der Waals surface area (Å²) < 4.78 is 5.30. The summed E-state index contributed by atoms with van der Waals surface area (Å²) >= 11 is 5.81. The molecule has 0 saturated carbocycles. The molecule has 1 amide bonds. The second kappa shape index (κ2) is 8.48. The van der Waals surface area contributed by atoms with E-state index in [1.807, 2.05) is 6.92 Å². The van der Waals surface area contributed by atoms with Gasteiger partial charge in [0.1, 0.15) is 0 Å². The standard InChI is InChI=1S/C16H23ClN2O3/c1-12(11-19-6-8-22-9-7-19)18-16(21)10-15(20)13-2-4-14(17)5-3-13/h2-5,12,15,20H,6-11H2,1H3,(H,18,21). The quantitative estimate of drug-likeness (QED) is 0.833. The molecule has 2 atom stereocenters. The summed E-state index contributed by atoms with van der Waals surface area (Å²) in [5.41, 5.74) is 0.695. The van der Waals surface area contributed by atoms with Gasteiger partial charge in [-0.15, -0.1) is 0 Å². The summed E-state index contributed by atoms with van der Waals surface area (Å²) in [6.07, 6.45) is -0.761. The molecule has 122 valence electrons. The SMILES string of the molecule is CC(CN1CCOCC1)NC(=O)CC(O)c1ccc(Cl)cc1. The Morgan fingerprint density at radius 2 is 2.00 bits per heavy atom. The highest BCUT2D eigenvalue weighted by atomic mass is 35.5. The van der Waals surface area contributed by atoms with Gasteiger partial charge in [0.05, 0.1) is 25.7 Å². The number of hydrogen-bond donors (Lipinski definition) is 2. The maximum Gasteiger partial charge on any atom is 0.223 e. The van der Waals surface area contributed by atoms with Crippen LogP contribution < -0.4 is 5.32 Å². The van der Waals surface area contributed by atoms with E-state index in [9.17, 15) is 9.90 Å². The Labute approximate surface area is 136 Å². The van der Waals surface area contributed by atoms with Crippen LogP contribution in [0.3, 0.4) is 0 Å². The average molecular weight is 327 g/mol. The van der Waals surface area contributed by atoms with Gasteiger partial charge in [-0.05, 0) is 24.6 Å². The van der Waals surface area contributed by atoms with E-state index >= 15 is 0 Å². The number of rotatable bonds is 6. The third kappa shape index (κ3) is 5.57. The van der Waals surface area contributed by atoms with Crippen LogP contribution in [-0.4, -0.2) is 54.8 Å². The van der Waals surface area contributed by atoms with Crippen molar-refractivity contribution in [3.8, 4) is 0 Å². The highest BCUT2D eigenvalue weighted by Gasteiger charge is 2.17. The molecule has 1 aliphatic rings. The first-order valence-corrected chi connectivity index (χ1v) is 7.95. The maximum absolute atomic E-state index is 12.0. The van der Waals surface area contributed by atoms with E-state index in [-0.39, 0.29) is 18.4 Å². The van der Waals surface area contributed by atoms with E-state index in [1.54, 1.807) is 24.3 Å². The Hall–Kier alpha value is -1.14. The number of carbonyl (C=O) groups is 1. The van der Waals surface area contributed by atoms with Crippen LogP contribution in [0.5, 0.6) is 0 Å². The predicted octanol–water partition coefficient (Wildman–Crippen LogP) is 1.60. The van der Waals surface area contributed by atoms with Gasteiger partial charge in [-0.2, -0.15) is 0 Å². The lowest BCUT2D eigenvalue weighted by Gasteiger charge is -2.29. The highest BCUT2D eigenvalue weighted by Crippen LogP contribution is 2.19. The van der Waals surface area contributed by atoms with Crippen molar-refractivity contribution in [2.45, 2.75) is 25.5 Å². The van der Waals surface area contributed by atoms with Crippen LogP contribution in [0.4, 0.5) is 0 Å². The van der Waals surface area contributed by atoms with E-state index in [2.05, 4.69) is 10.2 Å². The van der Waals surface area contributed by atoms with Crippen molar-refractivity contribution in [1.82, 2.24) is 10.2 Å². The van der Waals surface area contributed by atoms with Crippen LogP contribution in [-0.2, 0) is 9.53 Å². The minimum absolute atomic E-state index is 0.0445. The van der Waals surface area contributed by atoms with Crippen LogP contribution >= 0.6 is 11.6 Å². The Bertz CT molecular complexity index is 475. The molecule has 0 bridgehead atoms. The molecule has 1 aliphatic heterocycles. The molecule has 2 N–H and O–H groups in total. The molecular weight excluding hydrogens is 304 g/mol. The lowest BCUT2D eigenvalue weighted by atomic mass is 10.1. The van der Waals surface area contributed by atoms with Crippen molar-refractivity contribution in [3.63, 3.8) is 0 Å². The van der Waals surface area contributed by atoms with Gasteiger partial charge in [0.2, 0.25) is 5.91 Å². The zero-order valence-electron chi connectivity index (χ0n) is 12.8. The summed E-state index contributed by atoms with van der Waals surface area (Å²) in [5, 5.41) is 13.6. The number of hydrogen-bond acceptors (Lipinski definition) is 4. The van der Waals surface area contributed by atoms with Gasteiger partial charge in [0, 0.05) is 30.7 Å². The predicted molar refractivity (Wildman–Crippen MR) is 85.9 cm³/mol. The second-order valence-electron chi connectivity index (χ2n) is 5.65. The first kappa shape index (κ1) is 17.2. The molecule has 1 aromatic carbocycles. The minimum atomic E-state index is -0.812. The number of nitrogens with zero attached hydrogens (tertiary/aromatic N) is 1. The fourth-order valence-corrected chi connectivity index (χ4v) is 2.65. The van der Waals surface area contributed by atoms with Crippen LogP contribution in [0.15, 0.2) is 24.3 Å². The Kier molecular flexibility index (Phi) is 6.64. The smallest absolute Gasteiger partial charge is 0.223 e. The van der Waals surface area contributed by atoms with Crippen molar-refractivity contribution in [3.05, 3.63) is 34.9 Å². The van der Waals surface area contributed by atoms with E-state index in [0.717, 1.165) is 32.8 Å². The third-order valence-corrected chi connectivity index (χ3v) is 3.93. The normalized spacial score (nSPS) is 18.7. The van der Waals surface area contributed by atoms with Crippen molar-refractivity contribution < 1.29 is 14.6 Å². The molecule has 1 heterocycles. The molecule has 0 aromatic heterocycles. The van der Waals surface area contributed by atoms with Crippen LogP contribution in [0.2, 0.25) is 5.02 Å². The van der Waals surface area contributed by atoms with Crippen LogP contribution in [0.1, 0.15) is 25.0 Å². The summed E-state index contributed by atoms with van der Waals surface area (Å²) in [7, 11) is 0. The second-order valence-corrected chi connectivity index (χ2v) is 6.09. The zero-order valence-corrected chi connectivity index (χ0v) is 13.6. The molecule has 1 saturated heterocycles. The summed E-state index contributed by atoms with van der Waals surface area (Å²) in [6, 6.07) is 6.93. The Morgan fingerprint density at radius 3 is 2.64 bits per heavy atom. The zero-order chi connectivity index (χ0) is 15.9. The fraction of sp³-hybridized carbons (Fsp3) is 0.562. The van der Waals surface area contributed by atoms with Gasteiger partial charge in [-0.3, -0.25) is 9.69 Å². The highest BCUT2D eigenvalue weighted by molar-refractivity contribution is 6.30. The number of nitrogens with one attached hydrogen (secondary N) is 1. The van der Waals surface area contributed by atoms with E-state index in [1.165, 1.54) is 0 Å². The maximum atomic E-state index is 12.0. The van der Waals surface area contributed by atoms with Gasteiger partial charge >= 0.3 is 0 Å². The minimum Gasteiger partial charge on any atom is -0.388 e. The number of halogens is 1. The lowest BCUT2D eigenvalue weighted by molar-refractivity contribution is -0.123. The molecule has 0 spiro atoms. The number of aliphatic hydroxyl groups is 1. The topological polar surface area (TPSA) is 61.8 Å². The average Bonchev–Trinajstić information content (AvgIpc) is 2.48. The number of amides is 1. The van der Waals surface area contributed by atoms with Gasteiger partial charge < -0.3 is 15.2 Å². The molecule has 0 aliphatic carbocycles. The van der Waals surface area contributed by atoms with Crippen molar-refractivity contribution >= 4 is 17.5 Å². The van der Waals surface area contributed by atoms with Gasteiger partial charge in [0.15, 0.2) is 0 Å². The molecular formula is C16H23ClN2O3. The number of benzene rings is 1. The molecule has 6 heteroatoms. The van der Waals surface area contributed by atoms with Crippen molar-refractivity contribution in [2.24, 2.45) is 0 Å². The monoisotopic (exact) mass is 326 g/mol. The Morgan fingerprint density at radius 1 is 1.36 bits per heavy atom. The molecule has 1 aromatic rings. The molecule has 2 rings (SSSR count). The van der Waals surface area contributed by atoms with Crippen molar-refractivity contribution in [2.75, 3.05) is 32.8 Å². The Balaban J connectivity index is 1.75. The first-order valence-electron chi connectivity index (χ1n) is 7.57. The van der Waals surface area contributed by atoms with Gasteiger partial charge in [-0.25, -0.2) is 0 Å². The molecule has 22 heavy (non-hydrogen) atoms. The molecule has 0 radical (unpaired) electrons. The van der Waals surface area contributed by atoms with Gasteiger partial charge in [-0.1, -0.05) is 23.7 Å². The number of aliphatic hydroxyl groups excluding tert-OH is 1. The van der Waals surface area contributed by atoms with Crippen molar-refractivity contribution in [1.29, 1.82) is 0 Å². The molecule has 1 fully saturated rings.